The topological polar surface area (TPSA) is 12.0 Å². The van der Waals surface area contributed by atoms with E-state index in [0.717, 1.165) is 24.4 Å². The van der Waals surface area contributed by atoms with E-state index < -0.39 is 0 Å². The Morgan fingerprint density at radius 1 is 1.11 bits per heavy atom. The highest BCUT2D eigenvalue weighted by Crippen LogP contribution is 2.40. The summed E-state index contributed by atoms with van der Waals surface area (Å²) in [6.45, 7) is 5.54. The molecular formula is C17H27NS. The molecule has 1 heterocycles. The lowest BCUT2D eigenvalue weighted by atomic mass is 9.69. The van der Waals surface area contributed by atoms with Gasteiger partial charge < -0.3 is 5.32 Å². The number of hydrogen-bond acceptors (Lipinski definition) is 2. The van der Waals surface area contributed by atoms with Crippen LogP contribution in [0.3, 0.4) is 0 Å². The third-order valence-corrected chi connectivity index (χ3v) is 6.47. The van der Waals surface area contributed by atoms with Crippen LogP contribution < -0.4 is 5.32 Å². The van der Waals surface area contributed by atoms with Gasteiger partial charge in [0.25, 0.3) is 0 Å². The first-order valence-electron chi connectivity index (χ1n) is 8.01. The largest absolute Gasteiger partial charge is 0.309 e. The quantitative estimate of drug-likeness (QED) is 0.835. The lowest BCUT2D eigenvalue weighted by Gasteiger charge is -2.39. The Balaban J connectivity index is 1.50. The minimum absolute atomic E-state index is 0.780. The zero-order valence-electron chi connectivity index (χ0n) is 12.4. The van der Waals surface area contributed by atoms with Gasteiger partial charge in [-0.2, -0.15) is 0 Å². The maximum atomic E-state index is 3.82. The van der Waals surface area contributed by atoms with Gasteiger partial charge >= 0.3 is 0 Å². The van der Waals surface area contributed by atoms with Gasteiger partial charge in [-0.3, -0.25) is 0 Å². The molecule has 106 valence electrons. The molecule has 2 aliphatic carbocycles. The molecule has 1 N–H and O–H groups in total. The van der Waals surface area contributed by atoms with E-state index in [1.807, 2.05) is 11.3 Å². The van der Waals surface area contributed by atoms with E-state index in [4.69, 9.17) is 0 Å². The standard InChI is InChI=1S/C17H27NS/c1-12-9-17(19-13(12)2)11-18-16-8-7-14-5-3-4-6-15(14)10-16/h9,14-16,18H,3-8,10-11H2,1-2H3. The van der Waals surface area contributed by atoms with Gasteiger partial charge in [-0.15, -0.1) is 11.3 Å². The third-order valence-electron chi connectivity index (χ3n) is 5.32. The first-order valence-corrected chi connectivity index (χ1v) is 8.83. The van der Waals surface area contributed by atoms with Crippen molar-refractivity contribution >= 4 is 11.3 Å². The number of hydrogen-bond donors (Lipinski definition) is 1. The average molecular weight is 277 g/mol. The van der Waals surface area contributed by atoms with Crippen molar-refractivity contribution in [2.45, 2.75) is 71.4 Å². The molecule has 3 unspecified atom stereocenters. The van der Waals surface area contributed by atoms with Crippen LogP contribution >= 0.6 is 11.3 Å². The molecule has 2 aliphatic rings. The molecule has 0 bridgehead atoms. The van der Waals surface area contributed by atoms with Crippen molar-refractivity contribution in [1.82, 2.24) is 5.32 Å². The van der Waals surface area contributed by atoms with Crippen molar-refractivity contribution < 1.29 is 0 Å². The molecular weight excluding hydrogens is 250 g/mol. The molecule has 3 atom stereocenters. The SMILES string of the molecule is Cc1cc(CNC2CCC3CCCCC3C2)sc1C. The Hall–Kier alpha value is -0.340. The van der Waals surface area contributed by atoms with E-state index in [0.29, 0.717) is 0 Å². The van der Waals surface area contributed by atoms with E-state index in [1.54, 1.807) is 0 Å². The Morgan fingerprint density at radius 3 is 2.63 bits per heavy atom. The van der Waals surface area contributed by atoms with Crippen molar-refractivity contribution in [3.05, 3.63) is 21.4 Å². The summed E-state index contributed by atoms with van der Waals surface area (Å²) >= 11 is 1.96. The van der Waals surface area contributed by atoms with E-state index in [9.17, 15) is 0 Å². The molecule has 2 fully saturated rings. The molecule has 0 radical (unpaired) electrons. The third kappa shape index (κ3) is 3.22. The zero-order chi connectivity index (χ0) is 13.2. The Kier molecular flexibility index (Phi) is 4.28. The highest BCUT2D eigenvalue weighted by Gasteiger charge is 2.31. The highest BCUT2D eigenvalue weighted by atomic mass is 32.1. The van der Waals surface area contributed by atoms with Gasteiger partial charge in [-0.25, -0.2) is 0 Å². The molecule has 3 rings (SSSR count). The van der Waals surface area contributed by atoms with Gasteiger partial charge in [-0.1, -0.05) is 25.7 Å². The highest BCUT2D eigenvalue weighted by molar-refractivity contribution is 7.12. The Morgan fingerprint density at radius 2 is 1.89 bits per heavy atom. The summed E-state index contributed by atoms with van der Waals surface area (Å²) in [4.78, 5) is 2.99. The maximum Gasteiger partial charge on any atom is 0.0302 e. The fraction of sp³-hybridized carbons (Fsp3) is 0.765. The minimum atomic E-state index is 0.780. The molecule has 2 saturated carbocycles. The predicted molar refractivity (Wildman–Crippen MR) is 83.7 cm³/mol. The zero-order valence-corrected chi connectivity index (χ0v) is 13.2. The van der Waals surface area contributed by atoms with Crippen LogP contribution in [0.15, 0.2) is 6.07 Å². The van der Waals surface area contributed by atoms with Crippen molar-refractivity contribution in [2.75, 3.05) is 0 Å². The molecule has 2 heteroatoms. The van der Waals surface area contributed by atoms with Gasteiger partial charge in [0.1, 0.15) is 0 Å². The van der Waals surface area contributed by atoms with Crippen LogP contribution in [-0.2, 0) is 6.54 Å². The van der Waals surface area contributed by atoms with Gasteiger partial charge in [0, 0.05) is 22.3 Å². The summed E-state index contributed by atoms with van der Waals surface area (Å²) in [6.07, 6.45) is 10.3. The van der Waals surface area contributed by atoms with E-state index in [2.05, 4.69) is 25.2 Å². The smallest absolute Gasteiger partial charge is 0.0302 e. The number of nitrogens with one attached hydrogen (secondary N) is 1. The molecule has 0 aromatic carbocycles. The summed E-state index contributed by atoms with van der Waals surface area (Å²) in [7, 11) is 0. The summed E-state index contributed by atoms with van der Waals surface area (Å²) in [5, 5.41) is 3.82. The van der Waals surface area contributed by atoms with E-state index in [-0.39, 0.29) is 0 Å². The molecule has 19 heavy (non-hydrogen) atoms. The molecule has 0 amide bonds. The predicted octanol–water partition coefficient (Wildman–Crippen LogP) is 4.81. The van der Waals surface area contributed by atoms with Crippen LogP contribution in [0, 0.1) is 25.7 Å². The van der Waals surface area contributed by atoms with Gasteiger partial charge in [-0.05, 0) is 56.6 Å². The average Bonchev–Trinajstić information content (AvgIpc) is 2.75. The normalized spacial score (nSPS) is 31.2. The van der Waals surface area contributed by atoms with Crippen molar-refractivity contribution in [2.24, 2.45) is 11.8 Å². The summed E-state index contributed by atoms with van der Waals surface area (Å²) in [5.41, 5.74) is 1.46. The van der Waals surface area contributed by atoms with Crippen LogP contribution in [0.5, 0.6) is 0 Å². The lowest BCUT2D eigenvalue weighted by Crippen LogP contribution is -2.38. The fourth-order valence-electron chi connectivity index (χ4n) is 4.04. The number of aryl methyl sites for hydroxylation is 2. The number of thiophene rings is 1. The molecule has 1 nitrogen and oxygen atoms in total. The van der Waals surface area contributed by atoms with Crippen LogP contribution in [0.25, 0.3) is 0 Å². The first kappa shape index (κ1) is 13.6. The second kappa shape index (κ2) is 5.97. The van der Waals surface area contributed by atoms with Crippen LogP contribution in [0.4, 0.5) is 0 Å². The lowest BCUT2D eigenvalue weighted by molar-refractivity contribution is 0.143. The number of fused-ring (bicyclic) bond motifs is 1. The van der Waals surface area contributed by atoms with E-state index in [1.165, 1.54) is 60.3 Å². The second-order valence-electron chi connectivity index (χ2n) is 6.65. The summed E-state index contributed by atoms with van der Waals surface area (Å²) < 4.78 is 0. The summed E-state index contributed by atoms with van der Waals surface area (Å²) in [5.74, 6) is 2.10. The number of rotatable bonds is 3. The van der Waals surface area contributed by atoms with E-state index >= 15 is 0 Å². The van der Waals surface area contributed by atoms with Crippen molar-refractivity contribution in [3.8, 4) is 0 Å². The van der Waals surface area contributed by atoms with Gasteiger partial charge in [0.05, 0.1) is 0 Å². The van der Waals surface area contributed by atoms with Crippen molar-refractivity contribution in [1.29, 1.82) is 0 Å². The Labute approximate surface area is 121 Å². The fourth-order valence-corrected chi connectivity index (χ4v) is 5.04. The van der Waals surface area contributed by atoms with Gasteiger partial charge in [0.15, 0.2) is 0 Å². The maximum absolute atomic E-state index is 3.82. The first-order chi connectivity index (χ1) is 9.22. The minimum Gasteiger partial charge on any atom is -0.309 e. The molecule has 1 aromatic rings. The molecule has 0 spiro atoms. The molecule has 0 aliphatic heterocycles. The van der Waals surface area contributed by atoms with Crippen molar-refractivity contribution in [3.63, 3.8) is 0 Å². The van der Waals surface area contributed by atoms with Crippen LogP contribution in [0.1, 0.15) is 60.3 Å². The Bertz CT molecular complexity index is 403. The second-order valence-corrected chi connectivity index (χ2v) is 7.99. The van der Waals surface area contributed by atoms with Gasteiger partial charge in [0.2, 0.25) is 0 Å². The molecule has 0 saturated heterocycles. The summed E-state index contributed by atoms with van der Waals surface area (Å²) in [6, 6.07) is 3.14. The van der Waals surface area contributed by atoms with Crippen LogP contribution in [-0.4, -0.2) is 6.04 Å². The monoisotopic (exact) mass is 277 g/mol. The molecule has 1 aromatic heterocycles. The van der Waals surface area contributed by atoms with Crippen LogP contribution in [0.2, 0.25) is 0 Å².